The molecule has 0 aliphatic rings. The lowest BCUT2D eigenvalue weighted by atomic mass is 10.1. The molecule has 0 aromatic carbocycles. The van der Waals surface area contributed by atoms with Crippen molar-refractivity contribution >= 4 is 17.1 Å². The van der Waals surface area contributed by atoms with Gasteiger partial charge >= 0.3 is 11.4 Å². The van der Waals surface area contributed by atoms with E-state index in [1.54, 1.807) is 6.92 Å². The third-order valence-corrected chi connectivity index (χ3v) is 1.68. The summed E-state index contributed by atoms with van der Waals surface area (Å²) < 4.78 is 22.7. The lowest BCUT2D eigenvalue weighted by Gasteiger charge is -2.08. The summed E-state index contributed by atoms with van der Waals surface area (Å²) in [5.74, 6) is -0.413. The van der Waals surface area contributed by atoms with Gasteiger partial charge in [0, 0.05) is 6.42 Å². The summed E-state index contributed by atoms with van der Waals surface area (Å²) in [5, 5.41) is 0. The van der Waals surface area contributed by atoms with Gasteiger partial charge in [0.1, 0.15) is 0 Å². The normalized spacial score (nSPS) is 14.9. The van der Waals surface area contributed by atoms with Crippen LogP contribution in [-0.2, 0) is 20.3 Å². The first-order valence-electron chi connectivity index (χ1n) is 3.65. The summed E-state index contributed by atoms with van der Waals surface area (Å²) in [6, 6.07) is 0. The number of nitrogens with two attached hydrogens (primary N) is 1. The Morgan fingerprint density at radius 3 is 2.69 bits per heavy atom. The van der Waals surface area contributed by atoms with Crippen molar-refractivity contribution in [3.63, 3.8) is 0 Å². The lowest BCUT2D eigenvalue weighted by molar-refractivity contribution is -0.116. The molecule has 6 heteroatoms. The Morgan fingerprint density at radius 2 is 2.31 bits per heavy atom. The van der Waals surface area contributed by atoms with Crippen molar-refractivity contribution in [2.75, 3.05) is 6.61 Å². The summed E-state index contributed by atoms with van der Waals surface area (Å²) in [5.41, 5.74) is 5.14. The third kappa shape index (κ3) is 6.44. The first kappa shape index (κ1) is 12.3. The zero-order valence-electron chi connectivity index (χ0n) is 7.36. The Morgan fingerprint density at radius 1 is 1.77 bits per heavy atom. The molecule has 0 spiro atoms. The van der Waals surface area contributed by atoms with E-state index in [1.807, 2.05) is 0 Å². The summed E-state index contributed by atoms with van der Waals surface area (Å²) in [6.07, 6.45) is 0.173. The van der Waals surface area contributed by atoms with Gasteiger partial charge in [0.05, 0.1) is 12.3 Å². The molecule has 0 amide bonds. The summed E-state index contributed by atoms with van der Waals surface area (Å²) in [6.45, 7) is 5.04. The van der Waals surface area contributed by atoms with E-state index < -0.39 is 11.4 Å². The SMILES string of the molecule is C=C(N)C(=O)CC(C)COS(=O)O. The lowest BCUT2D eigenvalue weighted by Crippen LogP contribution is -2.16. The van der Waals surface area contributed by atoms with Crippen LogP contribution in [0.25, 0.3) is 0 Å². The fourth-order valence-corrected chi connectivity index (χ4v) is 1.03. The van der Waals surface area contributed by atoms with E-state index in [4.69, 9.17) is 10.3 Å². The summed E-state index contributed by atoms with van der Waals surface area (Å²) in [4.78, 5) is 11.0. The molecule has 0 aromatic rings. The van der Waals surface area contributed by atoms with E-state index in [0.29, 0.717) is 0 Å². The second-order valence-corrected chi connectivity index (χ2v) is 3.43. The smallest absolute Gasteiger partial charge is 0.301 e. The standard InChI is InChI=1S/C7H13NO4S/c1-5(4-12-13(10)11)3-7(9)6(2)8/h5H,2-4,8H2,1H3,(H,10,11). The molecular formula is C7H13NO4S. The molecule has 0 aliphatic carbocycles. The van der Waals surface area contributed by atoms with Gasteiger partial charge in [-0.1, -0.05) is 13.5 Å². The second-order valence-electron chi connectivity index (χ2n) is 2.76. The zero-order valence-corrected chi connectivity index (χ0v) is 8.17. The maximum atomic E-state index is 11.0. The maximum absolute atomic E-state index is 11.0. The van der Waals surface area contributed by atoms with Crippen LogP contribution < -0.4 is 5.73 Å². The number of ketones is 1. The third-order valence-electron chi connectivity index (χ3n) is 1.35. The number of hydrogen-bond donors (Lipinski definition) is 2. The number of carbonyl (C=O) groups is 1. The van der Waals surface area contributed by atoms with Gasteiger partial charge in [-0.05, 0) is 5.92 Å². The first-order chi connectivity index (χ1) is 5.93. The number of rotatable bonds is 6. The molecule has 0 saturated carbocycles. The molecule has 3 N–H and O–H groups in total. The van der Waals surface area contributed by atoms with Crippen molar-refractivity contribution in [1.29, 1.82) is 0 Å². The minimum Gasteiger partial charge on any atom is -0.396 e. The molecule has 0 heterocycles. The van der Waals surface area contributed by atoms with Crippen LogP contribution in [0.1, 0.15) is 13.3 Å². The van der Waals surface area contributed by atoms with Crippen LogP contribution in [0, 0.1) is 5.92 Å². The molecule has 13 heavy (non-hydrogen) atoms. The molecule has 0 bridgehead atoms. The van der Waals surface area contributed by atoms with Crippen molar-refractivity contribution in [3.8, 4) is 0 Å². The minimum atomic E-state index is -2.28. The van der Waals surface area contributed by atoms with Gasteiger partial charge in [-0.25, -0.2) is 0 Å². The number of hydrogen-bond acceptors (Lipinski definition) is 4. The molecule has 0 rings (SSSR count). The van der Waals surface area contributed by atoms with Crippen LogP contribution in [0.4, 0.5) is 0 Å². The van der Waals surface area contributed by atoms with E-state index in [9.17, 15) is 9.00 Å². The van der Waals surface area contributed by atoms with Gasteiger partial charge < -0.3 is 5.73 Å². The molecule has 0 saturated heterocycles. The molecule has 0 aromatic heterocycles. The topological polar surface area (TPSA) is 89.6 Å². The van der Waals surface area contributed by atoms with Crippen molar-refractivity contribution in [2.45, 2.75) is 13.3 Å². The molecule has 76 valence electrons. The number of Topliss-reactive ketones (excluding diaryl/α,β-unsaturated/α-hetero) is 1. The average molecular weight is 207 g/mol. The van der Waals surface area contributed by atoms with Crippen molar-refractivity contribution < 1.29 is 17.7 Å². The zero-order chi connectivity index (χ0) is 10.4. The number of carbonyl (C=O) groups excluding carboxylic acids is 1. The fraction of sp³-hybridized carbons (Fsp3) is 0.571. The highest BCUT2D eigenvalue weighted by Gasteiger charge is 2.11. The van der Waals surface area contributed by atoms with Crippen LogP contribution in [0.2, 0.25) is 0 Å². The highest BCUT2D eigenvalue weighted by atomic mass is 32.2. The van der Waals surface area contributed by atoms with Crippen LogP contribution in [0.5, 0.6) is 0 Å². The maximum Gasteiger partial charge on any atom is 0.301 e. The highest BCUT2D eigenvalue weighted by molar-refractivity contribution is 7.74. The quantitative estimate of drug-likeness (QED) is 0.480. The first-order valence-corrected chi connectivity index (χ1v) is 4.68. The van der Waals surface area contributed by atoms with Crippen molar-refractivity contribution in [3.05, 3.63) is 12.3 Å². The Labute approximate surface area is 79.4 Å². The summed E-state index contributed by atoms with van der Waals surface area (Å²) in [7, 11) is 0. The summed E-state index contributed by atoms with van der Waals surface area (Å²) >= 11 is -2.28. The van der Waals surface area contributed by atoms with Gasteiger partial charge in [-0.3, -0.25) is 13.5 Å². The number of allylic oxidation sites excluding steroid dienone is 1. The van der Waals surface area contributed by atoms with E-state index in [0.717, 1.165) is 0 Å². The minimum absolute atomic E-state index is 0.00280. The molecular weight excluding hydrogens is 194 g/mol. The second kappa shape index (κ2) is 5.85. The van der Waals surface area contributed by atoms with E-state index in [2.05, 4.69) is 10.8 Å². The van der Waals surface area contributed by atoms with Crippen LogP contribution >= 0.6 is 0 Å². The van der Waals surface area contributed by atoms with Gasteiger partial charge in [-0.15, -0.1) is 0 Å². The van der Waals surface area contributed by atoms with E-state index in [1.165, 1.54) is 0 Å². The Hall–Kier alpha value is -0.720. The highest BCUT2D eigenvalue weighted by Crippen LogP contribution is 2.05. The van der Waals surface area contributed by atoms with Gasteiger partial charge in [0.25, 0.3) is 0 Å². The molecule has 0 radical (unpaired) electrons. The molecule has 2 atom stereocenters. The van der Waals surface area contributed by atoms with E-state index in [-0.39, 0.29) is 30.4 Å². The Kier molecular flexibility index (Phi) is 5.52. The van der Waals surface area contributed by atoms with Crippen LogP contribution in [-0.4, -0.2) is 21.2 Å². The van der Waals surface area contributed by atoms with Crippen LogP contribution in [0.15, 0.2) is 12.3 Å². The molecule has 0 fully saturated rings. The van der Waals surface area contributed by atoms with Crippen molar-refractivity contribution in [1.82, 2.24) is 0 Å². The van der Waals surface area contributed by atoms with Crippen molar-refractivity contribution in [2.24, 2.45) is 11.7 Å². The van der Waals surface area contributed by atoms with E-state index >= 15 is 0 Å². The van der Waals surface area contributed by atoms with Crippen LogP contribution in [0.3, 0.4) is 0 Å². The predicted octanol–water partition coefficient (Wildman–Crippen LogP) is 0.207. The Balaban J connectivity index is 3.74. The predicted molar refractivity (Wildman–Crippen MR) is 48.8 cm³/mol. The van der Waals surface area contributed by atoms with Gasteiger partial charge in [0.15, 0.2) is 5.78 Å². The molecule has 0 aliphatic heterocycles. The molecule has 2 unspecified atom stereocenters. The fourth-order valence-electron chi connectivity index (χ4n) is 0.681. The van der Waals surface area contributed by atoms with Gasteiger partial charge in [0.2, 0.25) is 0 Å². The monoisotopic (exact) mass is 207 g/mol. The molecule has 5 nitrogen and oxygen atoms in total. The Bertz CT molecular complexity index is 229. The largest absolute Gasteiger partial charge is 0.396 e. The van der Waals surface area contributed by atoms with Gasteiger partial charge in [-0.2, -0.15) is 4.21 Å². The average Bonchev–Trinajstić information content (AvgIpc) is 2.00.